The average molecular weight is 293 g/mol. The highest BCUT2D eigenvalue weighted by Crippen LogP contribution is 2.29. The molecular formula is C13H13ClN4O2. The van der Waals surface area contributed by atoms with Crippen LogP contribution in [0.25, 0.3) is 0 Å². The van der Waals surface area contributed by atoms with Gasteiger partial charge in [-0.15, -0.1) is 5.10 Å². The Labute approximate surface area is 120 Å². The molecule has 1 aromatic carbocycles. The highest BCUT2D eigenvalue weighted by Gasteiger charge is 2.12. The van der Waals surface area contributed by atoms with E-state index in [-0.39, 0.29) is 11.7 Å². The van der Waals surface area contributed by atoms with Gasteiger partial charge >= 0.3 is 0 Å². The maximum Gasteiger partial charge on any atom is 0.250 e. The number of nitrogens with zero attached hydrogens (tertiary/aromatic N) is 3. The lowest BCUT2D eigenvalue weighted by molar-refractivity contribution is 0.318. The number of hydrogen-bond donors (Lipinski definition) is 2. The van der Waals surface area contributed by atoms with Crippen LogP contribution in [0.5, 0.6) is 11.6 Å². The van der Waals surface area contributed by atoms with E-state index in [1.54, 1.807) is 18.2 Å². The zero-order chi connectivity index (χ0) is 14.7. The van der Waals surface area contributed by atoms with Crippen LogP contribution in [0, 0.1) is 13.8 Å². The van der Waals surface area contributed by atoms with Crippen molar-refractivity contribution >= 4 is 17.4 Å². The van der Waals surface area contributed by atoms with E-state index in [1.807, 2.05) is 13.8 Å². The molecule has 20 heavy (non-hydrogen) atoms. The van der Waals surface area contributed by atoms with Crippen molar-refractivity contribution in [2.24, 2.45) is 10.9 Å². The number of aromatic nitrogens is 2. The van der Waals surface area contributed by atoms with Crippen LogP contribution in [-0.2, 0) is 0 Å². The van der Waals surface area contributed by atoms with Crippen LogP contribution in [0.15, 0.2) is 29.6 Å². The molecule has 0 saturated carbocycles. The van der Waals surface area contributed by atoms with E-state index in [9.17, 15) is 0 Å². The Bertz CT molecular complexity index is 650. The molecule has 104 valence electrons. The van der Waals surface area contributed by atoms with Crippen molar-refractivity contribution in [1.29, 1.82) is 0 Å². The van der Waals surface area contributed by atoms with Crippen molar-refractivity contribution in [3.05, 3.63) is 46.1 Å². The number of benzene rings is 1. The van der Waals surface area contributed by atoms with E-state index in [0.717, 1.165) is 11.1 Å². The average Bonchev–Trinajstić information content (AvgIpc) is 2.44. The second kappa shape index (κ2) is 5.75. The van der Waals surface area contributed by atoms with Crippen LogP contribution in [-0.4, -0.2) is 21.2 Å². The number of oxime groups is 1. The maximum absolute atomic E-state index is 8.75. The molecule has 1 heterocycles. The predicted molar refractivity (Wildman–Crippen MR) is 75.5 cm³/mol. The molecule has 0 radical (unpaired) electrons. The molecule has 6 nitrogen and oxygen atoms in total. The van der Waals surface area contributed by atoms with E-state index < -0.39 is 0 Å². The summed E-state index contributed by atoms with van der Waals surface area (Å²) in [6, 6.07) is 5.10. The molecule has 2 aromatic rings. The molecule has 1 aromatic heterocycles. The number of hydrogen-bond acceptors (Lipinski definition) is 5. The van der Waals surface area contributed by atoms with Gasteiger partial charge in [0.15, 0.2) is 5.84 Å². The van der Waals surface area contributed by atoms with Crippen molar-refractivity contribution < 1.29 is 9.94 Å². The van der Waals surface area contributed by atoms with E-state index in [1.165, 1.54) is 6.20 Å². The van der Waals surface area contributed by atoms with Gasteiger partial charge in [0.25, 0.3) is 0 Å². The number of ether oxygens (including phenoxy) is 1. The van der Waals surface area contributed by atoms with Crippen LogP contribution >= 0.6 is 11.6 Å². The molecule has 0 atom stereocenters. The first-order valence-corrected chi connectivity index (χ1v) is 6.15. The Morgan fingerprint density at radius 1 is 1.35 bits per heavy atom. The minimum atomic E-state index is -0.0997. The van der Waals surface area contributed by atoms with E-state index in [0.29, 0.717) is 16.3 Å². The lowest BCUT2D eigenvalue weighted by atomic mass is 10.1. The first kappa shape index (κ1) is 14.1. The SMILES string of the molecule is Cc1cc(Oc2nnccc2/C(N)=N/O)cc(C)c1Cl. The third kappa shape index (κ3) is 2.80. The molecule has 7 heteroatoms. The van der Waals surface area contributed by atoms with E-state index in [2.05, 4.69) is 15.4 Å². The summed E-state index contributed by atoms with van der Waals surface area (Å²) in [4.78, 5) is 0. The van der Waals surface area contributed by atoms with Crippen molar-refractivity contribution in [2.75, 3.05) is 0 Å². The van der Waals surface area contributed by atoms with Gasteiger partial charge in [0.1, 0.15) is 5.75 Å². The summed E-state index contributed by atoms with van der Waals surface area (Å²) in [7, 11) is 0. The van der Waals surface area contributed by atoms with Crippen molar-refractivity contribution in [1.82, 2.24) is 10.2 Å². The summed E-state index contributed by atoms with van der Waals surface area (Å²) in [5, 5.41) is 19.9. The second-order valence-corrected chi connectivity index (χ2v) is 4.59. The Kier molecular flexibility index (Phi) is 4.05. The summed E-state index contributed by atoms with van der Waals surface area (Å²) in [6.45, 7) is 3.76. The Hall–Kier alpha value is -2.34. The summed E-state index contributed by atoms with van der Waals surface area (Å²) >= 11 is 6.10. The lowest BCUT2D eigenvalue weighted by Crippen LogP contribution is -2.15. The van der Waals surface area contributed by atoms with Crippen LogP contribution < -0.4 is 10.5 Å². The monoisotopic (exact) mass is 292 g/mol. The highest BCUT2D eigenvalue weighted by atomic mass is 35.5. The summed E-state index contributed by atoms with van der Waals surface area (Å²) in [6.07, 6.45) is 1.43. The Morgan fingerprint density at radius 3 is 2.60 bits per heavy atom. The van der Waals surface area contributed by atoms with Gasteiger partial charge in [-0.25, -0.2) is 0 Å². The molecule has 3 N–H and O–H groups in total. The Balaban J connectivity index is 2.41. The number of aryl methyl sites for hydroxylation is 2. The van der Waals surface area contributed by atoms with Crippen molar-refractivity contribution in [2.45, 2.75) is 13.8 Å². The van der Waals surface area contributed by atoms with Gasteiger partial charge in [-0.1, -0.05) is 16.8 Å². The van der Waals surface area contributed by atoms with Crippen LogP contribution in [0.4, 0.5) is 0 Å². The van der Waals surface area contributed by atoms with Gasteiger partial charge in [-0.3, -0.25) is 0 Å². The molecule has 0 amide bonds. The topological polar surface area (TPSA) is 93.6 Å². The van der Waals surface area contributed by atoms with Gasteiger partial charge in [-0.2, -0.15) is 5.10 Å². The minimum Gasteiger partial charge on any atom is -0.437 e. The molecule has 0 spiro atoms. The molecule has 2 rings (SSSR count). The molecule has 0 bridgehead atoms. The zero-order valence-corrected chi connectivity index (χ0v) is 11.7. The predicted octanol–water partition coefficient (Wildman–Crippen LogP) is 2.63. The lowest BCUT2D eigenvalue weighted by Gasteiger charge is -2.10. The fourth-order valence-electron chi connectivity index (χ4n) is 1.72. The summed E-state index contributed by atoms with van der Waals surface area (Å²) < 4.78 is 5.64. The molecule has 0 aliphatic heterocycles. The normalized spacial score (nSPS) is 11.4. The fourth-order valence-corrected chi connectivity index (χ4v) is 1.83. The van der Waals surface area contributed by atoms with Crippen LogP contribution in [0.1, 0.15) is 16.7 Å². The number of halogens is 1. The van der Waals surface area contributed by atoms with E-state index >= 15 is 0 Å². The van der Waals surface area contributed by atoms with Gasteiger partial charge in [0, 0.05) is 5.02 Å². The first-order chi connectivity index (χ1) is 9.52. The quantitative estimate of drug-likeness (QED) is 0.392. The molecular weight excluding hydrogens is 280 g/mol. The van der Waals surface area contributed by atoms with Gasteiger partial charge < -0.3 is 15.7 Å². The van der Waals surface area contributed by atoms with Gasteiger partial charge in [0.2, 0.25) is 5.88 Å². The highest BCUT2D eigenvalue weighted by molar-refractivity contribution is 6.32. The smallest absolute Gasteiger partial charge is 0.250 e. The zero-order valence-electron chi connectivity index (χ0n) is 11.0. The summed E-state index contributed by atoms with van der Waals surface area (Å²) in [5.41, 5.74) is 7.69. The van der Waals surface area contributed by atoms with Gasteiger partial charge in [-0.05, 0) is 43.2 Å². The molecule has 0 aliphatic rings. The van der Waals surface area contributed by atoms with Crippen molar-refractivity contribution in [3.8, 4) is 11.6 Å². The minimum absolute atomic E-state index is 0.0997. The summed E-state index contributed by atoms with van der Waals surface area (Å²) in [5.74, 6) is 0.609. The molecule has 0 aliphatic carbocycles. The molecule has 0 unspecified atom stereocenters. The third-order valence-corrected chi connectivity index (χ3v) is 3.29. The second-order valence-electron chi connectivity index (χ2n) is 4.21. The first-order valence-electron chi connectivity index (χ1n) is 5.77. The largest absolute Gasteiger partial charge is 0.437 e. The third-order valence-electron chi connectivity index (χ3n) is 2.70. The van der Waals surface area contributed by atoms with E-state index in [4.69, 9.17) is 27.3 Å². The molecule has 0 fully saturated rings. The standard InChI is InChI=1S/C13H13ClN4O2/c1-7-5-9(6-8(2)11(7)14)20-13-10(12(15)18-19)3-4-16-17-13/h3-6,19H,1-2H3,(H2,15,18). The van der Waals surface area contributed by atoms with Crippen LogP contribution in [0.2, 0.25) is 5.02 Å². The number of rotatable bonds is 3. The fraction of sp³-hybridized carbons (Fsp3) is 0.154. The number of amidine groups is 1. The van der Waals surface area contributed by atoms with Gasteiger partial charge in [0.05, 0.1) is 11.8 Å². The molecule has 0 saturated heterocycles. The number of nitrogens with two attached hydrogens (primary N) is 1. The Morgan fingerprint density at radius 2 is 2.00 bits per heavy atom. The maximum atomic E-state index is 8.75. The van der Waals surface area contributed by atoms with Crippen LogP contribution in [0.3, 0.4) is 0 Å². The van der Waals surface area contributed by atoms with Crippen molar-refractivity contribution in [3.63, 3.8) is 0 Å².